The highest BCUT2D eigenvalue weighted by Crippen LogP contribution is 2.36. The summed E-state index contributed by atoms with van der Waals surface area (Å²) in [4.78, 5) is 1.77. The second-order valence-corrected chi connectivity index (χ2v) is 6.23. The Bertz CT molecular complexity index is 619. The SMILES string of the molecule is N#Cc1ccc(CNc2ccc(Br)c(Cl)c2Cl)s1. The molecular formula is C12H7BrCl2N2S. The zero-order chi connectivity index (χ0) is 13.1. The summed E-state index contributed by atoms with van der Waals surface area (Å²) in [5.41, 5.74) is 0.775. The molecule has 1 N–H and O–H groups in total. The van der Waals surface area contributed by atoms with E-state index in [1.54, 1.807) is 6.07 Å². The van der Waals surface area contributed by atoms with Gasteiger partial charge in [0, 0.05) is 15.9 Å². The molecule has 2 nitrogen and oxygen atoms in total. The molecule has 6 heteroatoms. The van der Waals surface area contributed by atoms with Gasteiger partial charge in [-0.2, -0.15) is 5.26 Å². The predicted molar refractivity (Wildman–Crippen MR) is 80.5 cm³/mol. The molecule has 92 valence electrons. The number of benzene rings is 1. The van der Waals surface area contributed by atoms with E-state index in [2.05, 4.69) is 27.3 Å². The molecule has 18 heavy (non-hydrogen) atoms. The van der Waals surface area contributed by atoms with Crippen molar-refractivity contribution < 1.29 is 0 Å². The minimum absolute atomic E-state index is 0.489. The van der Waals surface area contributed by atoms with Crippen molar-refractivity contribution in [2.75, 3.05) is 5.32 Å². The number of hydrogen-bond donors (Lipinski definition) is 1. The number of hydrogen-bond acceptors (Lipinski definition) is 3. The quantitative estimate of drug-likeness (QED) is 0.752. The van der Waals surface area contributed by atoms with Crippen LogP contribution in [0.4, 0.5) is 5.69 Å². The lowest BCUT2D eigenvalue weighted by atomic mass is 10.3. The number of rotatable bonds is 3. The summed E-state index contributed by atoms with van der Waals surface area (Å²) < 4.78 is 0.766. The Labute approximate surface area is 127 Å². The summed E-state index contributed by atoms with van der Waals surface area (Å²) in [6.07, 6.45) is 0. The fourth-order valence-electron chi connectivity index (χ4n) is 1.38. The van der Waals surface area contributed by atoms with Gasteiger partial charge in [0.15, 0.2) is 0 Å². The van der Waals surface area contributed by atoms with Gasteiger partial charge in [-0.15, -0.1) is 11.3 Å². The maximum Gasteiger partial charge on any atom is 0.110 e. The summed E-state index contributed by atoms with van der Waals surface area (Å²) in [5, 5.41) is 12.9. The molecule has 0 aliphatic carbocycles. The second kappa shape index (κ2) is 5.94. The van der Waals surface area contributed by atoms with Crippen molar-refractivity contribution in [3.05, 3.63) is 48.5 Å². The van der Waals surface area contributed by atoms with Gasteiger partial charge < -0.3 is 5.32 Å². The molecule has 2 aromatic rings. The molecule has 0 saturated heterocycles. The first-order valence-corrected chi connectivity index (χ1v) is 7.34. The predicted octanol–water partition coefficient (Wildman–Crippen LogP) is 5.30. The van der Waals surface area contributed by atoms with Crippen molar-refractivity contribution in [2.45, 2.75) is 6.54 Å². The Morgan fingerprint density at radius 3 is 2.67 bits per heavy atom. The zero-order valence-corrected chi connectivity index (χ0v) is 12.9. The number of halogens is 3. The fourth-order valence-corrected chi connectivity index (χ4v) is 2.96. The maximum absolute atomic E-state index is 8.74. The average molecular weight is 362 g/mol. The molecule has 0 radical (unpaired) electrons. The van der Waals surface area contributed by atoms with Crippen LogP contribution in [-0.2, 0) is 6.54 Å². The van der Waals surface area contributed by atoms with Gasteiger partial charge in [0.2, 0.25) is 0 Å². The standard InChI is InChI=1S/C12H7BrCl2N2S/c13-9-3-4-10(12(15)11(9)14)17-6-8-2-1-7(5-16)18-8/h1-4,17H,6H2. The van der Waals surface area contributed by atoms with E-state index < -0.39 is 0 Å². The Morgan fingerprint density at radius 1 is 1.22 bits per heavy atom. The highest BCUT2D eigenvalue weighted by atomic mass is 79.9. The van der Waals surface area contributed by atoms with E-state index >= 15 is 0 Å². The molecule has 0 spiro atoms. The summed E-state index contributed by atoms with van der Waals surface area (Å²) in [5.74, 6) is 0. The molecule has 0 bridgehead atoms. The van der Waals surface area contributed by atoms with Crippen LogP contribution >= 0.6 is 50.5 Å². The number of nitriles is 1. The Hall–Kier alpha value is -0.730. The van der Waals surface area contributed by atoms with Gasteiger partial charge in [0.05, 0.1) is 15.7 Å². The minimum Gasteiger partial charge on any atom is -0.379 e. The van der Waals surface area contributed by atoms with Gasteiger partial charge in [-0.3, -0.25) is 0 Å². The van der Waals surface area contributed by atoms with E-state index in [1.807, 2.05) is 18.2 Å². The third-order valence-corrected chi connectivity index (χ3v) is 5.02. The van der Waals surface area contributed by atoms with Crippen LogP contribution in [0.5, 0.6) is 0 Å². The molecular weight excluding hydrogens is 355 g/mol. The lowest BCUT2D eigenvalue weighted by Crippen LogP contribution is -1.98. The van der Waals surface area contributed by atoms with E-state index in [1.165, 1.54) is 11.3 Å². The van der Waals surface area contributed by atoms with E-state index in [0.29, 0.717) is 21.5 Å². The summed E-state index contributed by atoms with van der Waals surface area (Å²) in [6.45, 7) is 0.615. The largest absolute Gasteiger partial charge is 0.379 e. The van der Waals surface area contributed by atoms with Crippen LogP contribution < -0.4 is 5.32 Å². The smallest absolute Gasteiger partial charge is 0.110 e. The van der Waals surface area contributed by atoms with Crippen LogP contribution in [0.15, 0.2) is 28.7 Å². The lowest BCUT2D eigenvalue weighted by Gasteiger charge is -2.09. The number of nitrogens with one attached hydrogen (secondary N) is 1. The van der Waals surface area contributed by atoms with Crippen molar-refractivity contribution in [3.8, 4) is 6.07 Å². The van der Waals surface area contributed by atoms with Gasteiger partial charge >= 0.3 is 0 Å². The van der Waals surface area contributed by atoms with Crippen molar-refractivity contribution in [1.29, 1.82) is 5.26 Å². The number of nitrogens with zero attached hydrogens (tertiary/aromatic N) is 1. The third-order valence-electron chi connectivity index (χ3n) is 2.26. The van der Waals surface area contributed by atoms with Crippen molar-refractivity contribution in [3.63, 3.8) is 0 Å². The van der Waals surface area contributed by atoms with Crippen molar-refractivity contribution in [2.24, 2.45) is 0 Å². The van der Waals surface area contributed by atoms with Crippen molar-refractivity contribution >= 4 is 56.2 Å². The van der Waals surface area contributed by atoms with Crippen LogP contribution in [0.2, 0.25) is 10.0 Å². The topological polar surface area (TPSA) is 35.8 Å². The van der Waals surface area contributed by atoms with Gasteiger partial charge in [0.25, 0.3) is 0 Å². The normalized spacial score (nSPS) is 10.1. The first kappa shape index (κ1) is 13.7. The second-order valence-electron chi connectivity index (χ2n) is 3.45. The van der Waals surface area contributed by atoms with Gasteiger partial charge in [-0.05, 0) is 40.2 Å². The first-order valence-electron chi connectivity index (χ1n) is 4.98. The highest BCUT2D eigenvalue weighted by molar-refractivity contribution is 9.10. The molecule has 0 amide bonds. The molecule has 0 saturated carbocycles. The van der Waals surface area contributed by atoms with E-state index in [4.69, 9.17) is 28.5 Å². The fraction of sp³-hybridized carbons (Fsp3) is 0.0833. The number of anilines is 1. The maximum atomic E-state index is 8.74. The first-order chi connectivity index (χ1) is 8.61. The van der Waals surface area contributed by atoms with Crippen LogP contribution in [0, 0.1) is 11.3 Å². The van der Waals surface area contributed by atoms with Crippen LogP contribution in [0.3, 0.4) is 0 Å². The van der Waals surface area contributed by atoms with Crippen LogP contribution in [0.25, 0.3) is 0 Å². The molecule has 1 aromatic carbocycles. The van der Waals surface area contributed by atoms with Crippen LogP contribution in [0.1, 0.15) is 9.75 Å². The van der Waals surface area contributed by atoms with Gasteiger partial charge in [-0.1, -0.05) is 23.2 Å². The Kier molecular flexibility index (Phi) is 4.52. The van der Waals surface area contributed by atoms with Gasteiger partial charge in [0.1, 0.15) is 10.9 Å². The molecule has 0 fully saturated rings. The van der Waals surface area contributed by atoms with E-state index in [-0.39, 0.29) is 0 Å². The highest BCUT2D eigenvalue weighted by Gasteiger charge is 2.08. The molecule has 0 atom stereocenters. The minimum atomic E-state index is 0.489. The summed E-state index contributed by atoms with van der Waals surface area (Å²) >= 11 is 16.9. The monoisotopic (exact) mass is 360 g/mol. The van der Waals surface area contributed by atoms with E-state index in [0.717, 1.165) is 15.0 Å². The molecule has 0 aliphatic heterocycles. The molecule has 1 aromatic heterocycles. The van der Waals surface area contributed by atoms with E-state index in [9.17, 15) is 0 Å². The molecule has 0 unspecified atom stereocenters. The third kappa shape index (κ3) is 2.99. The average Bonchev–Trinajstić information content (AvgIpc) is 2.83. The zero-order valence-electron chi connectivity index (χ0n) is 9.01. The number of thiophene rings is 1. The van der Waals surface area contributed by atoms with Gasteiger partial charge in [-0.25, -0.2) is 0 Å². The Balaban J connectivity index is 2.11. The van der Waals surface area contributed by atoms with Crippen LogP contribution in [-0.4, -0.2) is 0 Å². The summed E-state index contributed by atoms with van der Waals surface area (Å²) in [7, 11) is 0. The Morgan fingerprint density at radius 2 is 2.00 bits per heavy atom. The molecule has 0 aliphatic rings. The molecule has 2 rings (SSSR count). The van der Waals surface area contributed by atoms with Crippen molar-refractivity contribution in [1.82, 2.24) is 0 Å². The lowest BCUT2D eigenvalue weighted by molar-refractivity contribution is 1.19. The summed E-state index contributed by atoms with van der Waals surface area (Å²) in [6, 6.07) is 9.53. The molecule has 1 heterocycles.